The molecule has 0 atom stereocenters. The molecule has 18 heteroatoms. The summed E-state index contributed by atoms with van der Waals surface area (Å²) in [6.07, 6.45) is 0. The van der Waals surface area contributed by atoms with E-state index in [0.29, 0.717) is 5.75 Å². The number of rotatable bonds is 12. The second kappa shape index (κ2) is 20.8. The molecule has 1 heterocycles. The minimum Gasteiger partial charge on any atom is -0.549 e. The fourth-order valence-corrected chi connectivity index (χ4v) is 5.00. The van der Waals surface area contributed by atoms with Gasteiger partial charge in [0.15, 0.2) is 0 Å². The van der Waals surface area contributed by atoms with Crippen LogP contribution in [0.3, 0.4) is 0 Å². The number of nitrogens with one attached hydrogen (secondary N) is 3. The molecule has 48 heavy (non-hydrogen) atoms. The van der Waals surface area contributed by atoms with Gasteiger partial charge in [-0.15, -0.1) is 0 Å². The van der Waals surface area contributed by atoms with E-state index in [-0.39, 0.29) is 104 Å². The summed E-state index contributed by atoms with van der Waals surface area (Å²) in [6, 6.07) is 10.7. The zero-order chi connectivity index (χ0) is 34.3. The largest absolute Gasteiger partial charge is 3.00 e. The molecule has 261 valence electrons. The maximum Gasteiger partial charge on any atom is 3.00 e. The number of carboxylic acids is 3. The summed E-state index contributed by atoms with van der Waals surface area (Å²) in [6.45, 7) is -0.548. The SMILES string of the molecule is COc1cc2ccccc2cc1C(=O)NNC(=O)CNC(=O)CN1CCN(CC(=O)[O-])CCN(CC(=O)[O-])CCN(CC(=O)[O-])CC1.[Gd+3]. The fraction of sp³-hybridized carbons (Fsp3) is 0.467. The van der Waals surface area contributed by atoms with Crippen molar-refractivity contribution in [2.24, 2.45) is 0 Å². The third-order valence-corrected chi connectivity index (χ3v) is 7.43. The molecule has 3 amide bonds. The molecule has 0 aliphatic carbocycles. The molecule has 1 fully saturated rings. The Labute approximate surface area is 309 Å². The Morgan fingerprint density at radius 1 is 0.646 bits per heavy atom. The maximum atomic E-state index is 12.8. The van der Waals surface area contributed by atoms with Crippen LogP contribution in [0.2, 0.25) is 0 Å². The van der Waals surface area contributed by atoms with Crippen LogP contribution in [-0.2, 0) is 24.0 Å². The minimum absolute atomic E-state index is 0. The van der Waals surface area contributed by atoms with E-state index in [1.807, 2.05) is 24.3 Å². The summed E-state index contributed by atoms with van der Waals surface area (Å²) >= 11 is 0. The van der Waals surface area contributed by atoms with E-state index in [0.717, 1.165) is 10.8 Å². The topological polar surface area (TPSA) is 230 Å². The summed E-state index contributed by atoms with van der Waals surface area (Å²) in [4.78, 5) is 78.1. The number of carboxylic acid groups (broad SMARTS) is 3. The number of hydrazine groups is 1. The molecule has 0 saturated carbocycles. The molecule has 1 aliphatic rings. The summed E-state index contributed by atoms with van der Waals surface area (Å²) < 4.78 is 5.32. The maximum absolute atomic E-state index is 12.8. The molecular formula is C30H38GdN7O10. The number of hydrogen-bond acceptors (Lipinski definition) is 14. The Hall–Kier alpha value is -3.52. The number of aliphatic carboxylic acids is 3. The summed E-state index contributed by atoms with van der Waals surface area (Å²) in [5.41, 5.74) is 4.74. The van der Waals surface area contributed by atoms with Crippen LogP contribution in [0.4, 0.5) is 0 Å². The monoisotopic (exact) mass is 814 g/mol. The number of benzene rings is 2. The van der Waals surface area contributed by atoms with Crippen LogP contribution >= 0.6 is 0 Å². The van der Waals surface area contributed by atoms with Crippen LogP contribution in [0, 0.1) is 39.9 Å². The molecule has 2 aromatic carbocycles. The molecule has 17 nitrogen and oxygen atoms in total. The van der Waals surface area contributed by atoms with Gasteiger partial charge in [-0.3, -0.25) is 44.8 Å². The predicted octanol–water partition coefficient (Wildman–Crippen LogP) is -5.80. The third kappa shape index (κ3) is 14.3. The van der Waals surface area contributed by atoms with Gasteiger partial charge in [-0.25, -0.2) is 0 Å². The van der Waals surface area contributed by atoms with Crippen molar-refractivity contribution in [2.75, 3.05) is 92.2 Å². The van der Waals surface area contributed by atoms with E-state index < -0.39 is 61.8 Å². The van der Waals surface area contributed by atoms with Crippen molar-refractivity contribution in [3.05, 3.63) is 42.0 Å². The van der Waals surface area contributed by atoms with Crippen molar-refractivity contribution < 1.29 is 88.8 Å². The number of nitrogens with zero attached hydrogens (tertiary/aromatic N) is 4. The van der Waals surface area contributed by atoms with Crippen molar-refractivity contribution >= 4 is 46.4 Å². The molecule has 1 radical (unpaired) electrons. The van der Waals surface area contributed by atoms with E-state index in [2.05, 4.69) is 16.2 Å². The smallest absolute Gasteiger partial charge is 0.549 e. The molecule has 2 aromatic rings. The van der Waals surface area contributed by atoms with Crippen LogP contribution in [0.15, 0.2) is 36.4 Å². The average molecular weight is 814 g/mol. The summed E-state index contributed by atoms with van der Waals surface area (Å²) in [7, 11) is 1.42. The first-order valence-electron chi connectivity index (χ1n) is 14.8. The second-order valence-electron chi connectivity index (χ2n) is 10.9. The molecule has 0 unspecified atom stereocenters. The Kier molecular flexibility index (Phi) is 17.6. The van der Waals surface area contributed by atoms with Crippen molar-refractivity contribution in [3.63, 3.8) is 0 Å². The number of methoxy groups -OCH3 is 1. The zero-order valence-electron chi connectivity index (χ0n) is 26.4. The molecule has 1 saturated heterocycles. The van der Waals surface area contributed by atoms with Gasteiger partial charge < -0.3 is 39.8 Å². The number of hydrogen-bond donors (Lipinski definition) is 3. The standard InChI is InChI=1S/C30H41N7O10.Gd/c1-47-24-15-22-5-3-2-4-21(22)14-23(24)30(46)33-32-25(38)16-31-26(39)17-34-6-8-35(18-27(40)41)10-12-37(20-29(44)45)13-11-36(9-7-34)19-28(42)43;/h2-5,14-15H,6-13,16-20H2,1H3,(H,31,39)(H,32,38)(H,33,46)(H,40,41)(H,42,43)(H,44,45);/q;+3/p-3. The fourth-order valence-electron chi connectivity index (χ4n) is 5.00. The van der Waals surface area contributed by atoms with Gasteiger partial charge in [-0.05, 0) is 22.9 Å². The normalized spacial score (nSPS) is 15.6. The van der Waals surface area contributed by atoms with Gasteiger partial charge >= 0.3 is 39.9 Å². The predicted molar refractivity (Wildman–Crippen MR) is 160 cm³/mol. The van der Waals surface area contributed by atoms with Crippen LogP contribution in [0.1, 0.15) is 10.4 Å². The molecule has 0 bridgehead atoms. The molecular weight excluding hydrogens is 776 g/mol. The Morgan fingerprint density at radius 3 is 1.48 bits per heavy atom. The van der Waals surface area contributed by atoms with E-state index in [1.54, 1.807) is 26.8 Å². The third-order valence-electron chi connectivity index (χ3n) is 7.43. The number of ether oxygens (including phenoxy) is 1. The van der Waals surface area contributed by atoms with Crippen molar-refractivity contribution in [2.45, 2.75) is 0 Å². The average Bonchev–Trinajstić information content (AvgIpc) is 3.02. The van der Waals surface area contributed by atoms with Crippen LogP contribution < -0.4 is 36.2 Å². The second-order valence-corrected chi connectivity index (χ2v) is 10.9. The minimum atomic E-state index is -1.33. The summed E-state index contributed by atoms with van der Waals surface area (Å²) in [5, 5.41) is 38.0. The van der Waals surface area contributed by atoms with Crippen LogP contribution in [-0.4, -0.2) is 147 Å². The Bertz CT molecular complexity index is 1410. The van der Waals surface area contributed by atoms with E-state index >= 15 is 0 Å². The van der Waals surface area contributed by atoms with Crippen molar-refractivity contribution in [1.29, 1.82) is 0 Å². The number of carbonyl (C=O) groups excluding carboxylic acids is 6. The van der Waals surface area contributed by atoms with E-state index in [1.165, 1.54) is 12.0 Å². The molecule has 0 aromatic heterocycles. The van der Waals surface area contributed by atoms with Gasteiger partial charge in [0.25, 0.3) is 11.8 Å². The van der Waals surface area contributed by atoms with Crippen molar-refractivity contribution in [3.8, 4) is 5.75 Å². The van der Waals surface area contributed by atoms with Gasteiger partial charge in [0.2, 0.25) is 5.91 Å². The molecule has 3 rings (SSSR count). The van der Waals surface area contributed by atoms with Gasteiger partial charge in [0.05, 0.1) is 43.7 Å². The first-order valence-corrected chi connectivity index (χ1v) is 14.8. The van der Waals surface area contributed by atoms with E-state index in [9.17, 15) is 44.1 Å². The number of carbonyl (C=O) groups is 6. The van der Waals surface area contributed by atoms with Crippen LogP contribution in [0.25, 0.3) is 10.8 Å². The van der Waals surface area contributed by atoms with Crippen LogP contribution in [0.5, 0.6) is 5.75 Å². The van der Waals surface area contributed by atoms with Gasteiger partial charge in [0.1, 0.15) is 5.75 Å². The quantitative estimate of drug-likeness (QED) is 0.170. The zero-order valence-corrected chi connectivity index (χ0v) is 28.6. The first-order chi connectivity index (χ1) is 22.4. The molecule has 0 spiro atoms. The summed E-state index contributed by atoms with van der Waals surface area (Å²) in [5.74, 6) is -5.56. The van der Waals surface area contributed by atoms with Gasteiger partial charge in [0, 0.05) is 72.0 Å². The van der Waals surface area contributed by atoms with E-state index in [4.69, 9.17) is 4.74 Å². The Balaban J connectivity index is 0.00000800. The first kappa shape index (κ1) is 40.7. The molecule has 1 aliphatic heterocycles. The van der Waals surface area contributed by atoms with Gasteiger partial charge in [-0.2, -0.15) is 0 Å². The molecule has 3 N–H and O–H groups in total. The van der Waals surface area contributed by atoms with Crippen molar-refractivity contribution in [1.82, 2.24) is 35.8 Å². The number of amides is 3. The van der Waals surface area contributed by atoms with Gasteiger partial charge in [-0.1, -0.05) is 24.3 Å². The Morgan fingerprint density at radius 2 is 1.06 bits per heavy atom. The number of fused-ring (bicyclic) bond motifs is 1.